The van der Waals surface area contributed by atoms with E-state index < -0.39 is 6.09 Å². The van der Waals surface area contributed by atoms with Crippen LogP contribution in [0, 0.1) is 13.8 Å². The Bertz CT molecular complexity index is 1050. The lowest BCUT2D eigenvalue weighted by atomic mass is 10.1. The Hall–Kier alpha value is -2.55. The number of amides is 1. The molecule has 11 heteroatoms. The standard InChI is InChI=1S/C17H14Cl3N5O3/c1-8-10(16(20)25(3)23-8)7-21-28-17(26)22-14-9(2)27-24-15(14)13-11(18)5-4-6-12(13)19/h4-7H,1-3H3,(H,22,26)/b21-7+. The third-order valence-electron chi connectivity index (χ3n) is 3.80. The van der Waals surface area contributed by atoms with E-state index in [1.807, 2.05) is 0 Å². The number of anilines is 1. The van der Waals surface area contributed by atoms with Gasteiger partial charge in [-0.2, -0.15) is 5.10 Å². The molecule has 28 heavy (non-hydrogen) atoms. The molecule has 0 saturated heterocycles. The molecule has 0 aliphatic carbocycles. The summed E-state index contributed by atoms with van der Waals surface area (Å²) >= 11 is 18.5. The SMILES string of the molecule is Cc1nn(C)c(Cl)c1/C=N/OC(=O)Nc1c(-c2c(Cl)cccc2Cl)noc1C. The van der Waals surface area contributed by atoms with Gasteiger partial charge in [0.1, 0.15) is 16.5 Å². The molecule has 0 unspecified atom stereocenters. The summed E-state index contributed by atoms with van der Waals surface area (Å²) in [6.45, 7) is 3.38. The summed E-state index contributed by atoms with van der Waals surface area (Å²) in [7, 11) is 1.69. The average Bonchev–Trinajstić information content (AvgIpc) is 3.09. The van der Waals surface area contributed by atoms with Crippen LogP contribution in [0.15, 0.2) is 27.9 Å². The Morgan fingerprint density at radius 1 is 1.29 bits per heavy atom. The number of hydrogen-bond acceptors (Lipinski definition) is 6. The Morgan fingerprint density at radius 3 is 2.57 bits per heavy atom. The normalized spacial score (nSPS) is 11.2. The molecule has 0 radical (unpaired) electrons. The minimum Gasteiger partial charge on any atom is -0.359 e. The molecule has 2 heterocycles. The molecule has 0 aliphatic rings. The number of aryl methyl sites for hydroxylation is 3. The van der Waals surface area contributed by atoms with Crippen molar-refractivity contribution in [2.24, 2.45) is 12.2 Å². The number of hydrogen-bond donors (Lipinski definition) is 1. The van der Waals surface area contributed by atoms with E-state index >= 15 is 0 Å². The fourth-order valence-electron chi connectivity index (χ4n) is 2.46. The highest BCUT2D eigenvalue weighted by atomic mass is 35.5. The van der Waals surface area contributed by atoms with Crippen molar-refractivity contribution in [3.8, 4) is 11.3 Å². The number of carbonyl (C=O) groups excluding carboxylic acids is 1. The lowest BCUT2D eigenvalue weighted by Crippen LogP contribution is -2.12. The van der Waals surface area contributed by atoms with Gasteiger partial charge in [-0.05, 0) is 26.0 Å². The van der Waals surface area contributed by atoms with Crippen LogP contribution in [0.1, 0.15) is 17.0 Å². The quantitative estimate of drug-likeness (QED) is 0.339. The van der Waals surface area contributed by atoms with Crippen LogP contribution in [-0.4, -0.2) is 27.2 Å². The van der Waals surface area contributed by atoms with E-state index in [0.717, 1.165) is 0 Å². The molecule has 0 spiro atoms. The molecular formula is C17H14Cl3N5O3. The van der Waals surface area contributed by atoms with Gasteiger partial charge in [0.05, 0.1) is 27.5 Å². The summed E-state index contributed by atoms with van der Waals surface area (Å²) in [6.07, 6.45) is 0.445. The van der Waals surface area contributed by atoms with Gasteiger partial charge < -0.3 is 4.52 Å². The molecule has 0 atom stereocenters. The minimum absolute atomic E-state index is 0.269. The molecule has 2 aromatic heterocycles. The van der Waals surface area contributed by atoms with Crippen molar-refractivity contribution in [2.45, 2.75) is 13.8 Å². The lowest BCUT2D eigenvalue weighted by molar-refractivity contribution is 0.167. The monoisotopic (exact) mass is 441 g/mol. The molecule has 146 valence electrons. The Balaban J connectivity index is 1.78. The molecule has 0 fully saturated rings. The van der Waals surface area contributed by atoms with E-state index in [9.17, 15) is 4.79 Å². The molecule has 1 aromatic carbocycles. The zero-order valence-electron chi connectivity index (χ0n) is 15.0. The van der Waals surface area contributed by atoms with Crippen LogP contribution in [0.3, 0.4) is 0 Å². The van der Waals surface area contributed by atoms with E-state index in [1.54, 1.807) is 39.1 Å². The molecular weight excluding hydrogens is 429 g/mol. The first-order valence-corrected chi connectivity index (χ1v) is 9.04. The summed E-state index contributed by atoms with van der Waals surface area (Å²) in [6, 6.07) is 5.00. The second kappa shape index (κ2) is 8.22. The van der Waals surface area contributed by atoms with Gasteiger partial charge in [0, 0.05) is 12.6 Å². The van der Waals surface area contributed by atoms with Crippen LogP contribution >= 0.6 is 34.8 Å². The number of carbonyl (C=O) groups is 1. The zero-order valence-corrected chi connectivity index (χ0v) is 17.2. The molecule has 1 N–H and O–H groups in total. The van der Waals surface area contributed by atoms with Crippen molar-refractivity contribution in [2.75, 3.05) is 5.32 Å². The van der Waals surface area contributed by atoms with E-state index in [1.165, 1.54) is 10.9 Å². The highest BCUT2D eigenvalue weighted by molar-refractivity contribution is 6.39. The predicted molar refractivity (Wildman–Crippen MR) is 107 cm³/mol. The number of benzene rings is 1. The smallest absolute Gasteiger partial charge is 0.359 e. The van der Waals surface area contributed by atoms with Gasteiger partial charge in [-0.25, -0.2) is 4.79 Å². The van der Waals surface area contributed by atoms with E-state index in [2.05, 4.69) is 20.7 Å². The van der Waals surface area contributed by atoms with E-state index in [0.29, 0.717) is 37.8 Å². The van der Waals surface area contributed by atoms with Crippen LogP contribution in [0.5, 0.6) is 0 Å². The highest BCUT2D eigenvalue weighted by Gasteiger charge is 2.22. The van der Waals surface area contributed by atoms with Crippen LogP contribution < -0.4 is 5.32 Å². The second-order valence-corrected chi connectivity index (χ2v) is 6.88. The van der Waals surface area contributed by atoms with Gasteiger partial charge in [0.25, 0.3) is 0 Å². The van der Waals surface area contributed by atoms with Gasteiger partial charge in [0.2, 0.25) is 0 Å². The van der Waals surface area contributed by atoms with Gasteiger partial charge in [0.15, 0.2) is 5.76 Å². The molecule has 0 saturated carbocycles. The first kappa shape index (κ1) is 20.2. The summed E-state index contributed by atoms with van der Waals surface area (Å²) in [4.78, 5) is 17.0. The topological polar surface area (TPSA) is 94.5 Å². The lowest BCUT2D eigenvalue weighted by Gasteiger charge is -2.07. The zero-order chi connectivity index (χ0) is 20.4. The van der Waals surface area contributed by atoms with Crippen molar-refractivity contribution in [1.29, 1.82) is 0 Å². The maximum atomic E-state index is 12.1. The summed E-state index contributed by atoms with van der Waals surface area (Å²) in [5, 5.41) is 15.3. The van der Waals surface area contributed by atoms with E-state index in [4.69, 9.17) is 44.2 Å². The van der Waals surface area contributed by atoms with Gasteiger partial charge in [-0.3, -0.25) is 14.8 Å². The molecule has 3 rings (SSSR count). The van der Waals surface area contributed by atoms with Crippen molar-refractivity contribution in [3.63, 3.8) is 0 Å². The van der Waals surface area contributed by atoms with Crippen LogP contribution in [-0.2, 0) is 11.9 Å². The first-order chi connectivity index (χ1) is 13.3. The molecule has 8 nitrogen and oxygen atoms in total. The summed E-state index contributed by atoms with van der Waals surface area (Å²) in [5.41, 5.74) is 2.16. The Labute approximate surface area is 175 Å². The number of aromatic nitrogens is 3. The van der Waals surface area contributed by atoms with Crippen LogP contribution in [0.4, 0.5) is 10.5 Å². The minimum atomic E-state index is -0.857. The number of nitrogens with one attached hydrogen (secondary N) is 1. The average molecular weight is 443 g/mol. The maximum absolute atomic E-state index is 12.1. The Morgan fingerprint density at radius 2 is 1.96 bits per heavy atom. The molecule has 3 aromatic rings. The van der Waals surface area contributed by atoms with Crippen LogP contribution in [0.2, 0.25) is 15.2 Å². The highest BCUT2D eigenvalue weighted by Crippen LogP contribution is 2.39. The largest absolute Gasteiger partial charge is 0.438 e. The van der Waals surface area contributed by atoms with Crippen molar-refractivity contribution in [3.05, 3.63) is 50.4 Å². The van der Waals surface area contributed by atoms with Gasteiger partial charge in [-0.15, -0.1) is 0 Å². The predicted octanol–water partition coefficient (Wildman–Crippen LogP) is 5.23. The maximum Gasteiger partial charge on any atom is 0.438 e. The van der Waals surface area contributed by atoms with E-state index in [-0.39, 0.29) is 11.4 Å². The number of oxime groups is 1. The fourth-order valence-corrected chi connectivity index (χ4v) is 3.26. The molecule has 0 aliphatic heterocycles. The Kier molecular flexibility index (Phi) is 5.93. The number of halogens is 3. The summed E-state index contributed by atoms with van der Waals surface area (Å²) < 4.78 is 6.65. The molecule has 0 bridgehead atoms. The third kappa shape index (κ3) is 3.99. The van der Waals surface area contributed by atoms with Gasteiger partial charge >= 0.3 is 6.09 Å². The second-order valence-electron chi connectivity index (χ2n) is 5.71. The summed E-state index contributed by atoms with van der Waals surface area (Å²) in [5.74, 6) is 0.345. The fraction of sp³-hybridized carbons (Fsp3) is 0.176. The van der Waals surface area contributed by atoms with Crippen LogP contribution in [0.25, 0.3) is 11.3 Å². The van der Waals surface area contributed by atoms with Crippen molar-refractivity contribution < 1.29 is 14.2 Å². The van der Waals surface area contributed by atoms with Crippen molar-refractivity contribution in [1.82, 2.24) is 14.9 Å². The number of nitrogens with zero attached hydrogens (tertiary/aromatic N) is 4. The molecule has 1 amide bonds. The first-order valence-electron chi connectivity index (χ1n) is 7.90. The van der Waals surface area contributed by atoms with Crippen molar-refractivity contribution >= 4 is 52.8 Å². The number of rotatable bonds is 4. The third-order valence-corrected chi connectivity index (χ3v) is 4.88. The van der Waals surface area contributed by atoms with Gasteiger partial charge in [-0.1, -0.05) is 51.2 Å².